The molecule has 1 aliphatic rings. The Labute approximate surface area is 108 Å². The molecule has 4 nitrogen and oxygen atoms in total. The summed E-state index contributed by atoms with van der Waals surface area (Å²) in [6.45, 7) is 8.16. The van der Waals surface area contributed by atoms with Crippen molar-refractivity contribution < 1.29 is 9.53 Å². The van der Waals surface area contributed by atoms with Crippen LogP contribution in [-0.4, -0.2) is 30.6 Å². The Morgan fingerprint density at radius 1 is 1.44 bits per heavy atom. The highest BCUT2D eigenvalue weighted by atomic mass is 16.5. The normalized spacial score (nSPS) is 18.9. The van der Waals surface area contributed by atoms with Gasteiger partial charge in [-0.2, -0.15) is 0 Å². The van der Waals surface area contributed by atoms with E-state index in [1.165, 1.54) is 0 Å². The number of aryl methyl sites for hydroxylation is 1. The van der Waals surface area contributed by atoms with Crippen LogP contribution in [0.5, 0.6) is 5.75 Å². The molecule has 0 spiro atoms. The van der Waals surface area contributed by atoms with Gasteiger partial charge in [-0.15, -0.1) is 0 Å². The van der Waals surface area contributed by atoms with Crippen molar-refractivity contribution in [1.82, 2.24) is 10.2 Å². The van der Waals surface area contributed by atoms with Crippen LogP contribution in [0.25, 0.3) is 0 Å². The number of nitrogens with zero attached hydrogens (tertiary/aromatic N) is 1. The van der Waals surface area contributed by atoms with E-state index in [1.54, 1.807) is 0 Å². The second kappa shape index (κ2) is 5.29. The lowest BCUT2D eigenvalue weighted by atomic mass is 10.0. The molecule has 1 fully saturated rings. The van der Waals surface area contributed by atoms with E-state index in [2.05, 4.69) is 11.4 Å². The van der Waals surface area contributed by atoms with Crippen LogP contribution in [0.1, 0.15) is 31.0 Å². The third-order valence-corrected chi connectivity index (χ3v) is 3.27. The molecule has 18 heavy (non-hydrogen) atoms. The van der Waals surface area contributed by atoms with Crippen molar-refractivity contribution in [3.05, 3.63) is 29.3 Å². The minimum atomic E-state index is 0.0223. The van der Waals surface area contributed by atoms with E-state index in [0.717, 1.165) is 30.0 Å². The lowest BCUT2D eigenvalue weighted by molar-refractivity contribution is 0.219. The second-order valence-electron chi connectivity index (χ2n) is 4.50. The fourth-order valence-corrected chi connectivity index (χ4v) is 2.26. The van der Waals surface area contributed by atoms with E-state index in [0.29, 0.717) is 6.61 Å². The molecule has 0 radical (unpaired) electrons. The molecule has 2 amide bonds. The van der Waals surface area contributed by atoms with Crippen molar-refractivity contribution in [2.75, 3.05) is 19.7 Å². The zero-order chi connectivity index (χ0) is 13.1. The van der Waals surface area contributed by atoms with Crippen molar-refractivity contribution in [3.63, 3.8) is 0 Å². The van der Waals surface area contributed by atoms with E-state index in [4.69, 9.17) is 4.74 Å². The van der Waals surface area contributed by atoms with Gasteiger partial charge in [0.05, 0.1) is 12.6 Å². The van der Waals surface area contributed by atoms with Gasteiger partial charge >= 0.3 is 6.03 Å². The van der Waals surface area contributed by atoms with E-state index in [-0.39, 0.29) is 12.1 Å². The first-order chi connectivity index (χ1) is 8.65. The van der Waals surface area contributed by atoms with E-state index in [9.17, 15) is 4.79 Å². The third kappa shape index (κ3) is 2.42. The average Bonchev–Trinajstić information content (AvgIpc) is 2.73. The summed E-state index contributed by atoms with van der Waals surface area (Å²) < 4.78 is 5.52. The molecule has 1 aromatic carbocycles. The highest BCUT2D eigenvalue weighted by molar-refractivity contribution is 5.77. The van der Waals surface area contributed by atoms with Gasteiger partial charge in [0.2, 0.25) is 0 Å². The average molecular weight is 248 g/mol. The maximum Gasteiger partial charge on any atom is 0.318 e. The minimum Gasteiger partial charge on any atom is -0.494 e. The molecule has 1 aliphatic heterocycles. The summed E-state index contributed by atoms with van der Waals surface area (Å²) in [7, 11) is 0. The molecule has 0 saturated carbocycles. The summed E-state index contributed by atoms with van der Waals surface area (Å²) in [6.07, 6.45) is 0. The van der Waals surface area contributed by atoms with Crippen LogP contribution in [0, 0.1) is 6.92 Å². The van der Waals surface area contributed by atoms with Gasteiger partial charge in [-0.25, -0.2) is 4.79 Å². The first-order valence-electron chi connectivity index (χ1n) is 6.44. The number of carbonyl (C=O) groups excluding carboxylic acids is 1. The van der Waals surface area contributed by atoms with Gasteiger partial charge in [0.1, 0.15) is 5.75 Å². The van der Waals surface area contributed by atoms with Crippen molar-refractivity contribution in [2.24, 2.45) is 0 Å². The maximum absolute atomic E-state index is 11.6. The smallest absolute Gasteiger partial charge is 0.318 e. The summed E-state index contributed by atoms with van der Waals surface area (Å²) in [5, 5.41) is 3.00. The maximum atomic E-state index is 11.6. The van der Waals surface area contributed by atoms with Crippen LogP contribution in [0.4, 0.5) is 4.79 Å². The second-order valence-corrected chi connectivity index (χ2v) is 4.50. The van der Waals surface area contributed by atoms with Crippen LogP contribution < -0.4 is 10.1 Å². The number of carbonyl (C=O) groups is 1. The van der Waals surface area contributed by atoms with Crippen molar-refractivity contribution >= 4 is 6.03 Å². The van der Waals surface area contributed by atoms with Gasteiger partial charge < -0.3 is 15.0 Å². The van der Waals surface area contributed by atoms with Gasteiger partial charge in [-0.05, 0) is 38.0 Å². The molecule has 1 atom stereocenters. The molecular weight excluding hydrogens is 228 g/mol. The first-order valence-corrected chi connectivity index (χ1v) is 6.44. The minimum absolute atomic E-state index is 0.0223. The van der Waals surface area contributed by atoms with Crippen molar-refractivity contribution in [3.8, 4) is 5.75 Å². The van der Waals surface area contributed by atoms with Crippen LogP contribution in [-0.2, 0) is 0 Å². The molecule has 98 valence electrons. The number of benzene rings is 1. The first kappa shape index (κ1) is 12.7. The quantitative estimate of drug-likeness (QED) is 0.889. The summed E-state index contributed by atoms with van der Waals surface area (Å²) >= 11 is 0. The molecular formula is C14H20N2O2. The van der Waals surface area contributed by atoms with Gasteiger partial charge in [0, 0.05) is 13.1 Å². The van der Waals surface area contributed by atoms with E-state index < -0.39 is 0 Å². The summed E-state index contributed by atoms with van der Waals surface area (Å²) in [5.41, 5.74) is 2.25. The number of amides is 2. The lowest BCUT2D eigenvalue weighted by Crippen LogP contribution is -2.27. The zero-order valence-corrected chi connectivity index (χ0v) is 11.2. The lowest BCUT2D eigenvalue weighted by Gasteiger charge is -2.14. The number of hydrogen-bond acceptors (Lipinski definition) is 2. The van der Waals surface area contributed by atoms with Crippen molar-refractivity contribution in [1.29, 1.82) is 0 Å². The SMILES string of the molecule is CCOc1ccc(C2CN(CC)C(=O)N2)cc1C. The Morgan fingerprint density at radius 2 is 2.22 bits per heavy atom. The fraction of sp³-hybridized carbons (Fsp3) is 0.500. The van der Waals surface area contributed by atoms with E-state index >= 15 is 0 Å². The Hall–Kier alpha value is -1.71. The van der Waals surface area contributed by atoms with Gasteiger partial charge in [0.25, 0.3) is 0 Å². The number of likely N-dealkylation sites (N-methyl/N-ethyl adjacent to an activating group) is 1. The van der Waals surface area contributed by atoms with Gasteiger partial charge in [-0.3, -0.25) is 0 Å². The number of ether oxygens (including phenoxy) is 1. The highest BCUT2D eigenvalue weighted by Gasteiger charge is 2.28. The predicted octanol–water partition coefficient (Wildman–Crippen LogP) is 2.48. The zero-order valence-electron chi connectivity index (χ0n) is 11.2. The summed E-state index contributed by atoms with van der Waals surface area (Å²) in [6, 6.07) is 6.22. The summed E-state index contributed by atoms with van der Waals surface area (Å²) in [4.78, 5) is 13.4. The molecule has 2 rings (SSSR count). The van der Waals surface area contributed by atoms with Crippen molar-refractivity contribution in [2.45, 2.75) is 26.8 Å². The largest absolute Gasteiger partial charge is 0.494 e. The topological polar surface area (TPSA) is 41.6 Å². The van der Waals surface area contributed by atoms with Crippen LogP contribution in [0.3, 0.4) is 0 Å². The van der Waals surface area contributed by atoms with E-state index in [1.807, 2.05) is 37.8 Å². The number of hydrogen-bond donors (Lipinski definition) is 1. The molecule has 1 aromatic rings. The third-order valence-electron chi connectivity index (χ3n) is 3.27. The molecule has 1 heterocycles. The monoisotopic (exact) mass is 248 g/mol. The number of nitrogens with one attached hydrogen (secondary N) is 1. The molecule has 4 heteroatoms. The van der Waals surface area contributed by atoms with Crippen LogP contribution >= 0.6 is 0 Å². The Kier molecular flexibility index (Phi) is 3.75. The highest BCUT2D eigenvalue weighted by Crippen LogP contribution is 2.25. The molecule has 0 bridgehead atoms. The number of urea groups is 1. The number of rotatable bonds is 4. The van der Waals surface area contributed by atoms with Gasteiger partial charge in [0.15, 0.2) is 0 Å². The summed E-state index contributed by atoms with van der Waals surface area (Å²) in [5.74, 6) is 0.915. The Balaban J connectivity index is 2.15. The van der Waals surface area contributed by atoms with Gasteiger partial charge in [-0.1, -0.05) is 12.1 Å². The van der Waals surface area contributed by atoms with Crippen LogP contribution in [0.15, 0.2) is 18.2 Å². The standard InChI is InChI=1S/C14H20N2O2/c1-4-16-9-12(15-14(16)17)11-6-7-13(18-5-2)10(3)8-11/h6-8,12H,4-5,9H2,1-3H3,(H,15,17). The van der Waals surface area contributed by atoms with Crippen LogP contribution in [0.2, 0.25) is 0 Å². The molecule has 1 unspecified atom stereocenters. The fourth-order valence-electron chi connectivity index (χ4n) is 2.26. The molecule has 1 N–H and O–H groups in total. The Morgan fingerprint density at radius 3 is 2.78 bits per heavy atom. The molecule has 1 saturated heterocycles. The molecule has 0 aromatic heterocycles. The predicted molar refractivity (Wildman–Crippen MR) is 70.9 cm³/mol. The Bertz CT molecular complexity index is 445. The molecule has 0 aliphatic carbocycles.